The quantitative estimate of drug-likeness (QED) is 0.673. The van der Waals surface area contributed by atoms with Crippen LogP contribution in [0.1, 0.15) is 27.7 Å². The predicted octanol–water partition coefficient (Wildman–Crippen LogP) is 2.61. The third-order valence-electron chi connectivity index (χ3n) is 2.95. The normalized spacial score (nSPS) is 13.4. The predicted molar refractivity (Wildman–Crippen MR) is 69.9 cm³/mol. The molecular weight excluding hydrogens is 289 g/mol. The Morgan fingerprint density at radius 3 is 2.60 bits per heavy atom. The van der Waals surface area contributed by atoms with Crippen molar-refractivity contribution in [1.29, 1.82) is 0 Å². The molecule has 3 N–H and O–H groups in total. The minimum Gasteiger partial charge on any atom is -0.271 e. The van der Waals surface area contributed by atoms with Crippen molar-refractivity contribution in [3.63, 3.8) is 0 Å². The van der Waals surface area contributed by atoms with Crippen LogP contribution in [0.25, 0.3) is 0 Å². The highest BCUT2D eigenvalue weighted by Crippen LogP contribution is 2.34. The van der Waals surface area contributed by atoms with Crippen molar-refractivity contribution >= 4 is 11.5 Å². The molecule has 108 valence electrons. The first-order valence-corrected chi connectivity index (χ1v) is 6.61. The maximum absolute atomic E-state index is 13.0. The smallest absolute Gasteiger partial charge is 0.271 e. The van der Waals surface area contributed by atoms with Gasteiger partial charge in [-0.2, -0.15) is 13.2 Å². The minimum absolute atomic E-state index is 0.122. The molecule has 0 fully saturated rings. The standard InChI is InChI=1S/C12H13F3N4S/c1-7-11(20-19-18-7)10(17-16)6-8-4-2-3-5-9(8)12(13,14)15/h2-5,10,17H,6,16H2,1H3. The Bertz CT molecular complexity index is 582. The molecule has 20 heavy (non-hydrogen) atoms. The first-order valence-electron chi connectivity index (χ1n) is 5.83. The number of benzene rings is 1. The number of hydrazine groups is 1. The van der Waals surface area contributed by atoms with Crippen LogP contribution in [-0.4, -0.2) is 9.59 Å². The fourth-order valence-electron chi connectivity index (χ4n) is 1.98. The monoisotopic (exact) mass is 302 g/mol. The van der Waals surface area contributed by atoms with Gasteiger partial charge in [0.1, 0.15) is 0 Å². The van der Waals surface area contributed by atoms with E-state index in [1.807, 2.05) is 0 Å². The number of rotatable bonds is 4. The van der Waals surface area contributed by atoms with Gasteiger partial charge in [-0.15, -0.1) is 5.10 Å². The second-order valence-electron chi connectivity index (χ2n) is 4.30. The van der Waals surface area contributed by atoms with E-state index in [4.69, 9.17) is 5.84 Å². The van der Waals surface area contributed by atoms with Crippen molar-refractivity contribution in [3.8, 4) is 0 Å². The molecule has 1 atom stereocenters. The zero-order valence-electron chi connectivity index (χ0n) is 10.6. The fourth-order valence-corrected chi connectivity index (χ4v) is 2.68. The molecule has 8 heteroatoms. The van der Waals surface area contributed by atoms with Crippen molar-refractivity contribution in [1.82, 2.24) is 15.0 Å². The lowest BCUT2D eigenvalue weighted by molar-refractivity contribution is -0.138. The Kier molecular flexibility index (Phi) is 4.36. The largest absolute Gasteiger partial charge is 0.416 e. The van der Waals surface area contributed by atoms with Crippen LogP contribution < -0.4 is 11.3 Å². The van der Waals surface area contributed by atoms with Crippen molar-refractivity contribution in [3.05, 3.63) is 46.0 Å². The molecule has 0 saturated carbocycles. The van der Waals surface area contributed by atoms with Crippen LogP contribution >= 0.6 is 11.5 Å². The van der Waals surface area contributed by atoms with Crippen molar-refractivity contribution in [2.75, 3.05) is 0 Å². The number of nitrogens with zero attached hydrogens (tertiary/aromatic N) is 2. The van der Waals surface area contributed by atoms with Gasteiger partial charge in [0.05, 0.1) is 22.2 Å². The minimum atomic E-state index is -4.38. The summed E-state index contributed by atoms with van der Waals surface area (Å²) in [5, 5.41) is 3.85. The third kappa shape index (κ3) is 3.14. The maximum atomic E-state index is 13.0. The lowest BCUT2D eigenvalue weighted by Crippen LogP contribution is -2.30. The van der Waals surface area contributed by atoms with E-state index in [-0.39, 0.29) is 12.0 Å². The molecule has 0 aliphatic heterocycles. The molecule has 0 saturated heterocycles. The number of hydrogen-bond donors (Lipinski definition) is 2. The lowest BCUT2D eigenvalue weighted by atomic mass is 9.99. The van der Waals surface area contributed by atoms with Crippen LogP contribution in [0.2, 0.25) is 0 Å². The summed E-state index contributed by atoms with van der Waals surface area (Å²) >= 11 is 1.13. The average Bonchev–Trinajstić information content (AvgIpc) is 2.81. The number of nitrogens with one attached hydrogen (secondary N) is 1. The summed E-state index contributed by atoms with van der Waals surface area (Å²) in [6.45, 7) is 1.75. The molecule has 1 unspecified atom stereocenters. The molecule has 2 aromatic rings. The zero-order valence-corrected chi connectivity index (χ0v) is 11.4. The SMILES string of the molecule is Cc1nnsc1C(Cc1ccccc1C(F)(F)F)NN. The Balaban J connectivity index is 2.32. The van der Waals surface area contributed by atoms with E-state index >= 15 is 0 Å². The molecule has 0 amide bonds. The van der Waals surface area contributed by atoms with E-state index in [2.05, 4.69) is 15.0 Å². The van der Waals surface area contributed by atoms with Crippen molar-refractivity contribution in [2.45, 2.75) is 25.6 Å². The van der Waals surface area contributed by atoms with E-state index in [1.165, 1.54) is 12.1 Å². The van der Waals surface area contributed by atoms with Crippen LogP contribution in [0.15, 0.2) is 24.3 Å². The fraction of sp³-hybridized carbons (Fsp3) is 0.333. The van der Waals surface area contributed by atoms with Crippen LogP contribution in [-0.2, 0) is 12.6 Å². The molecule has 0 spiro atoms. The van der Waals surface area contributed by atoms with E-state index in [1.54, 1.807) is 13.0 Å². The number of aryl methyl sites for hydroxylation is 1. The molecule has 1 aromatic heterocycles. The highest BCUT2D eigenvalue weighted by molar-refractivity contribution is 7.05. The number of alkyl halides is 3. The van der Waals surface area contributed by atoms with Gasteiger partial charge in [0.2, 0.25) is 0 Å². The van der Waals surface area contributed by atoms with E-state index in [9.17, 15) is 13.2 Å². The summed E-state index contributed by atoms with van der Waals surface area (Å²) in [6.07, 6.45) is -4.26. The third-order valence-corrected chi connectivity index (χ3v) is 3.89. The molecule has 1 heterocycles. The summed E-state index contributed by atoms with van der Waals surface area (Å²) < 4.78 is 42.6. The van der Waals surface area contributed by atoms with Crippen molar-refractivity contribution < 1.29 is 13.2 Å². The zero-order chi connectivity index (χ0) is 14.8. The molecule has 0 aliphatic carbocycles. The molecule has 0 bridgehead atoms. The number of aromatic nitrogens is 2. The molecule has 1 aromatic carbocycles. The van der Waals surface area contributed by atoms with Gasteiger partial charge in [0.25, 0.3) is 0 Å². The Labute approximate surface area is 117 Å². The van der Waals surface area contributed by atoms with E-state index < -0.39 is 17.8 Å². The highest BCUT2D eigenvalue weighted by Gasteiger charge is 2.33. The summed E-state index contributed by atoms with van der Waals surface area (Å²) in [5.74, 6) is 5.46. The Morgan fingerprint density at radius 1 is 1.35 bits per heavy atom. The van der Waals surface area contributed by atoms with Gasteiger partial charge in [-0.25, -0.2) is 0 Å². The number of hydrogen-bond acceptors (Lipinski definition) is 5. The first-order chi connectivity index (χ1) is 9.43. The number of nitrogens with two attached hydrogens (primary N) is 1. The summed E-state index contributed by atoms with van der Waals surface area (Å²) in [4.78, 5) is 0.740. The topological polar surface area (TPSA) is 63.8 Å². The Hall–Kier alpha value is -1.51. The van der Waals surface area contributed by atoms with Gasteiger partial charge in [-0.05, 0) is 36.5 Å². The van der Waals surface area contributed by atoms with Gasteiger partial charge in [0, 0.05) is 0 Å². The van der Waals surface area contributed by atoms with Crippen LogP contribution in [0.3, 0.4) is 0 Å². The van der Waals surface area contributed by atoms with Gasteiger partial charge in [-0.3, -0.25) is 11.3 Å². The van der Waals surface area contributed by atoms with Crippen molar-refractivity contribution in [2.24, 2.45) is 5.84 Å². The van der Waals surface area contributed by atoms with Crippen LogP contribution in [0.5, 0.6) is 0 Å². The van der Waals surface area contributed by atoms with Gasteiger partial charge < -0.3 is 0 Å². The second kappa shape index (κ2) is 5.86. The molecule has 0 aliphatic rings. The molecule has 0 radical (unpaired) electrons. The number of halogens is 3. The first kappa shape index (κ1) is 14.9. The summed E-state index contributed by atoms with van der Waals surface area (Å²) in [6, 6.07) is 5.03. The van der Waals surface area contributed by atoms with Gasteiger partial charge in [0.15, 0.2) is 0 Å². The molecule has 2 rings (SSSR count). The van der Waals surface area contributed by atoms with E-state index in [0.717, 1.165) is 22.5 Å². The second-order valence-corrected chi connectivity index (χ2v) is 5.09. The molecule has 4 nitrogen and oxygen atoms in total. The van der Waals surface area contributed by atoms with Gasteiger partial charge in [-0.1, -0.05) is 22.7 Å². The van der Waals surface area contributed by atoms with Crippen LogP contribution in [0.4, 0.5) is 13.2 Å². The van der Waals surface area contributed by atoms with Crippen LogP contribution in [0, 0.1) is 6.92 Å². The maximum Gasteiger partial charge on any atom is 0.416 e. The average molecular weight is 302 g/mol. The Morgan fingerprint density at radius 2 is 2.05 bits per heavy atom. The van der Waals surface area contributed by atoms with Gasteiger partial charge >= 0.3 is 6.18 Å². The highest BCUT2D eigenvalue weighted by atomic mass is 32.1. The summed E-state index contributed by atoms with van der Waals surface area (Å²) in [7, 11) is 0. The molecular formula is C12H13F3N4S. The summed E-state index contributed by atoms with van der Waals surface area (Å²) in [5.41, 5.74) is 2.75. The van der Waals surface area contributed by atoms with E-state index in [0.29, 0.717) is 5.69 Å². The lowest BCUT2D eigenvalue weighted by Gasteiger charge is -2.18.